The largest absolute Gasteiger partial charge is 0.457 e. The topological polar surface area (TPSA) is 37.4 Å². The number of benzene rings is 6. The molecule has 2 aliphatic rings. The summed E-state index contributed by atoms with van der Waals surface area (Å²) < 4.78 is 36.4. The minimum Gasteiger partial charge on any atom is -0.457 e. The Morgan fingerprint density at radius 2 is 1.27 bits per heavy atom. The molecule has 2 aliphatic heterocycles. The molecule has 0 aliphatic carbocycles. The lowest BCUT2D eigenvalue weighted by atomic mass is 10.0. The third-order valence-electron chi connectivity index (χ3n) is 11.7. The summed E-state index contributed by atoms with van der Waals surface area (Å²) in [5, 5.41) is 9.56. The maximum absolute atomic E-state index is 8.32. The molecule has 4 aromatic heterocycles. The van der Waals surface area contributed by atoms with Gasteiger partial charge in [0.15, 0.2) is 5.65 Å². The van der Waals surface area contributed by atoms with E-state index in [1.807, 2.05) is 30.5 Å². The van der Waals surface area contributed by atoms with Crippen LogP contribution in [0.3, 0.4) is 0 Å². The van der Waals surface area contributed by atoms with E-state index in [-0.39, 0.29) is 6.67 Å². The van der Waals surface area contributed by atoms with Gasteiger partial charge in [0.1, 0.15) is 19.6 Å². The van der Waals surface area contributed by atoms with Crippen LogP contribution in [-0.2, 0) is 0 Å². The predicted octanol–water partition coefficient (Wildman–Crippen LogP) is 9.83. The Morgan fingerprint density at radius 3 is 2.10 bits per heavy atom. The minimum absolute atomic E-state index is 0.261. The number of anilines is 3. The molecular weight excluding hydrogens is 655 g/mol. The molecule has 7 heteroatoms. The first-order valence-electron chi connectivity index (χ1n) is 19.2. The Balaban J connectivity index is 1.09. The summed E-state index contributed by atoms with van der Waals surface area (Å²) in [5.74, 6) is 1.41. The highest BCUT2D eigenvalue weighted by Crippen LogP contribution is 2.45. The van der Waals surface area contributed by atoms with Gasteiger partial charge in [-0.2, -0.15) is 0 Å². The number of ether oxygens (including phenoxy) is 1. The zero-order valence-corrected chi connectivity index (χ0v) is 29.6. The van der Waals surface area contributed by atoms with Gasteiger partial charge in [-0.05, 0) is 52.8 Å². The summed E-state index contributed by atoms with van der Waals surface area (Å²) >= 11 is 0. The highest BCUT2D eigenvalue weighted by molar-refractivity contribution is 7.02. The number of hydrogen-bond acceptors (Lipinski definition) is 4. The first kappa shape index (κ1) is 25.6. The molecule has 0 saturated heterocycles. The van der Waals surface area contributed by atoms with Gasteiger partial charge in [0.05, 0.1) is 45.6 Å². The van der Waals surface area contributed by atoms with Crippen LogP contribution in [0, 0.1) is 0 Å². The third-order valence-corrected chi connectivity index (χ3v) is 15.2. The second-order valence-electron chi connectivity index (χ2n) is 14.7. The van der Waals surface area contributed by atoms with Crippen LogP contribution in [-0.4, -0.2) is 35.5 Å². The van der Waals surface area contributed by atoms with Crippen LogP contribution >= 0.6 is 0 Å². The van der Waals surface area contributed by atoms with E-state index in [0.717, 1.165) is 60.9 Å². The molecule has 52 heavy (non-hydrogen) atoms. The zero-order chi connectivity index (χ0) is 37.0. The van der Waals surface area contributed by atoms with Crippen molar-refractivity contribution in [2.24, 2.45) is 0 Å². The monoisotopic (exact) mass is 690 g/mol. The summed E-state index contributed by atoms with van der Waals surface area (Å²) in [6.07, 6.45) is 1.88. The molecular formula is C45H33N5OSi. The molecule has 0 fully saturated rings. The fourth-order valence-electron chi connectivity index (χ4n) is 9.40. The summed E-state index contributed by atoms with van der Waals surface area (Å²) in [4.78, 5) is 8.82. The summed E-state index contributed by atoms with van der Waals surface area (Å²) in [5.41, 5.74) is 9.11. The van der Waals surface area contributed by atoms with Crippen LogP contribution < -0.4 is 24.9 Å². The van der Waals surface area contributed by atoms with Crippen LogP contribution in [0.25, 0.3) is 65.5 Å². The average molecular weight is 691 g/mol. The Labute approximate surface area is 304 Å². The number of pyridine rings is 1. The molecule has 6 nitrogen and oxygen atoms in total. The van der Waals surface area contributed by atoms with E-state index in [0.29, 0.717) is 11.5 Å². The van der Waals surface area contributed by atoms with Crippen molar-refractivity contribution in [2.45, 2.75) is 13.1 Å². The zero-order valence-electron chi connectivity index (χ0n) is 31.6. The maximum Gasteiger partial charge on any atom is 0.162 e. The Hall–Kier alpha value is -6.31. The van der Waals surface area contributed by atoms with E-state index in [2.05, 4.69) is 130 Å². The normalized spacial score (nSPS) is 15.9. The fraction of sp³-hybridized carbons (Fsp3) is 0.0889. The third kappa shape index (κ3) is 3.46. The summed E-state index contributed by atoms with van der Waals surface area (Å²) in [6.45, 7) is 2.70. The molecule has 0 saturated carbocycles. The first-order chi connectivity index (χ1) is 26.7. The summed E-state index contributed by atoms with van der Waals surface area (Å²) in [6, 6.07) is 44.9. The van der Waals surface area contributed by atoms with E-state index in [9.17, 15) is 0 Å². The lowest BCUT2D eigenvalue weighted by molar-refractivity contribution is 0.483. The van der Waals surface area contributed by atoms with Gasteiger partial charge in [0.25, 0.3) is 0 Å². The fourth-order valence-corrected chi connectivity index (χ4v) is 12.4. The second kappa shape index (κ2) is 9.72. The molecule has 6 aromatic carbocycles. The quantitative estimate of drug-likeness (QED) is 0.169. The van der Waals surface area contributed by atoms with Gasteiger partial charge >= 0.3 is 0 Å². The van der Waals surface area contributed by atoms with Gasteiger partial charge in [-0.1, -0.05) is 85.9 Å². The van der Waals surface area contributed by atoms with Crippen molar-refractivity contribution in [2.75, 3.05) is 23.4 Å². The van der Waals surface area contributed by atoms with Gasteiger partial charge in [0.2, 0.25) is 0 Å². The van der Waals surface area contributed by atoms with Gasteiger partial charge < -0.3 is 18.9 Å². The standard InChI is InChI=1S/C45H33N5OSi/c1-47-26-48-39-25-28(20-22-40(39)52(2,3)41-18-8-16-36(47)44(41)48)51-27-19-21-30-32-12-7-14-34-33-13-6-11-31-29-10-4-5-15-35(29)49(42(31)33)37-17-9-23-46-45(37)50(43(32)34)38(30)24-27/h4-25H,26H2,1-3H3/i1D3. The second-order valence-corrected chi connectivity index (χ2v) is 19.0. The first-order valence-corrected chi connectivity index (χ1v) is 20.7. The van der Waals surface area contributed by atoms with Crippen molar-refractivity contribution >= 4 is 101 Å². The van der Waals surface area contributed by atoms with Crippen LogP contribution in [0.1, 0.15) is 4.11 Å². The van der Waals surface area contributed by atoms with Gasteiger partial charge in [-0.25, -0.2) is 4.98 Å². The van der Waals surface area contributed by atoms with E-state index < -0.39 is 15.0 Å². The molecule has 0 spiro atoms. The highest BCUT2D eigenvalue weighted by Gasteiger charge is 2.42. The van der Waals surface area contributed by atoms with Crippen molar-refractivity contribution < 1.29 is 8.85 Å². The van der Waals surface area contributed by atoms with Crippen molar-refractivity contribution in [3.8, 4) is 11.5 Å². The molecule has 12 rings (SSSR count). The molecule has 0 amide bonds. The van der Waals surface area contributed by atoms with Crippen LogP contribution in [0.2, 0.25) is 13.1 Å². The number of aromatic nitrogens is 3. The number of hydrogen-bond donors (Lipinski definition) is 0. The number of para-hydroxylation sites is 4. The summed E-state index contributed by atoms with van der Waals surface area (Å²) in [7, 11) is -2.15. The van der Waals surface area contributed by atoms with Gasteiger partial charge in [0, 0.05) is 67.4 Å². The number of nitrogens with zero attached hydrogens (tertiary/aromatic N) is 5. The molecule has 0 bridgehead atoms. The lowest BCUT2D eigenvalue weighted by Gasteiger charge is -2.38. The van der Waals surface area contributed by atoms with Crippen molar-refractivity contribution in [3.05, 3.63) is 134 Å². The molecule has 0 radical (unpaired) electrons. The predicted molar refractivity (Wildman–Crippen MR) is 219 cm³/mol. The highest BCUT2D eigenvalue weighted by atomic mass is 28.3. The maximum atomic E-state index is 8.32. The number of fused-ring (bicyclic) bond motifs is 12. The van der Waals surface area contributed by atoms with Crippen LogP contribution in [0.15, 0.2) is 134 Å². The lowest BCUT2D eigenvalue weighted by Crippen LogP contribution is -2.58. The van der Waals surface area contributed by atoms with Crippen LogP contribution in [0.4, 0.5) is 17.1 Å². The molecule has 10 aromatic rings. The van der Waals surface area contributed by atoms with E-state index >= 15 is 0 Å². The Kier molecular flexibility index (Phi) is 4.79. The SMILES string of the molecule is [2H]C([2H])([2H])N1CN2c3cc(Oc4ccc5c6cccc7c8cccc9c%10ccccc%10n(c%10cccnc%10n(c5c4)c67)c98)ccc3[Si](C)(C)c3cccc1c32. The van der Waals surface area contributed by atoms with Crippen molar-refractivity contribution in [1.29, 1.82) is 0 Å². The van der Waals surface area contributed by atoms with Crippen molar-refractivity contribution in [3.63, 3.8) is 0 Å². The van der Waals surface area contributed by atoms with E-state index in [4.69, 9.17) is 13.8 Å². The Morgan fingerprint density at radius 1 is 0.596 bits per heavy atom. The molecule has 6 heterocycles. The molecule has 0 unspecified atom stereocenters. The minimum atomic E-state index is -2.25. The average Bonchev–Trinajstić information content (AvgIpc) is 3.85. The van der Waals surface area contributed by atoms with E-state index in [1.54, 1.807) is 4.90 Å². The molecule has 0 atom stereocenters. The smallest absolute Gasteiger partial charge is 0.162 e. The van der Waals surface area contributed by atoms with Gasteiger partial charge in [-0.3, -0.25) is 4.40 Å². The van der Waals surface area contributed by atoms with Crippen molar-refractivity contribution in [1.82, 2.24) is 13.8 Å². The van der Waals surface area contributed by atoms with Crippen LogP contribution in [0.5, 0.6) is 11.5 Å². The molecule has 0 N–H and O–H groups in total. The number of rotatable bonds is 2. The Bertz CT molecular complexity index is 3330. The molecule has 248 valence electrons. The van der Waals surface area contributed by atoms with E-state index in [1.165, 1.54) is 32.0 Å². The van der Waals surface area contributed by atoms with Gasteiger partial charge in [-0.15, -0.1) is 0 Å².